The molecule has 3 rings (SSSR count). The van der Waals surface area contributed by atoms with Gasteiger partial charge in [0.2, 0.25) is 15.7 Å². The first-order valence-electron chi connectivity index (χ1n) is 8.19. The Hall–Kier alpha value is -2.76. The van der Waals surface area contributed by atoms with E-state index in [0.717, 1.165) is 5.56 Å². The Morgan fingerprint density at radius 1 is 1.23 bits per heavy atom. The second-order valence-corrected chi connectivity index (χ2v) is 7.64. The number of nitrogens with zero attached hydrogens (tertiary/aromatic N) is 4. The lowest BCUT2D eigenvalue weighted by Gasteiger charge is -2.31. The minimum Gasteiger partial charge on any atom is -0.471 e. The maximum absolute atomic E-state index is 12.6. The number of piperidine rings is 1. The minimum absolute atomic E-state index is 0.0939. The Balaban J connectivity index is 1.69. The first-order chi connectivity index (χ1) is 12.6. The number of benzene rings is 1. The van der Waals surface area contributed by atoms with Crippen LogP contribution >= 0.6 is 0 Å². The summed E-state index contributed by atoms with van der Waals surface area (Å²) < 4.78 is 32.3. The average Bonchev–Trinajstić information content (AvgIpc) is 2.68. The standard InChI is InChI=1S/C18H18N4O3S/c19-13-17-18(21-10-9-20-17)25-16-7-4-11-22(14-16)26(23,24)12-8-15-5-2-1-3-6-15/h1-3,5-6,8-10,12,16H,4,7,11,14H2/b12-8+/t16-/m0/s1. The molecule has 8 heteroatoms. The van der Waals surface area contributed by atoms with Gasteiger partial charge in [0.1, 0.15) is 12.2 Å². The van der Waals surface area contributed by atoms with E-state index in [2.05, 4.69) is 9.97 Å². The number of hydrogen-bond donors (Lipinski definition) is 0. The van der Waals surface area contributed by atoms with Gasteiger partial charge >= 0.3 is 0 Å². The van der Waals surface area contributed by atoms with Gasteiger partial charge in [-0.05, 0) is 24.5 Å². The van der Waals surface area contributed by atoms with Crippen molar-refractivity contribution < 1.29 is 13.2 Å². The van der Waals surface area contributed by atoms with Gasteiger partial charge in [0.25, 0.3) is 5.88 Å². The largest absolute Gasteiger partial charge is 0.471 e. The second-order valence-electron chi connectivity index (χ2n) is 5.82. The van der Waals surface area contributed by atoms with E-state index >= 15 is 0 Å². The SMILES string of the molecule is N#Cc1nccnc1O[C@H]1CCCN(S(=O)(=O)/C=C/c2ccccc2)C1. The third-order valence-corrected chi connectivity index (χ3v) is 5.51. The van der Waals surface area contributed by atoms with E-state index in [1.165, 1.54) is 22.1 Å². The molecule has 1 aliphatic heterocycles. The van der Waals surface area contributed by atoms with Crippen LogP contribution in [0.5, 0.6) is 5.88 Å². The third-order valence-electron chi connectivity index (χ3n) is 3.98. The number of aromatic nitrogens is 2. The molecule has 2 aromatic rings. The quantitative estimate of drug-likeness (QED) is 0.800. The summed E-state index contributed by atoms with van der Waals surface area (Å²) >= 11 is 0. The van der Waals surface area contributed by atoms with Gasteiger partial charge in [0.05, 0.1) is 6.54 Å². The number of ether oxygens (including phenoxy) is 1. The molecule has 0 aliphatic carbocycles. The summed E-state index contributed by atoms with van der Waals surface area (Å²) in [7, 11) is -3.55. The van der Waals surface area contributed by atoms with Crippen molar-refractivity contribution in [3.8, 4) is 11.9 Å². The van der Waals surface area contributed by atoms with Crippen LogP contribution < -0.4 is 4.74 Å². The van der Waals surface area contributed by atoms with Gasteiger partial charge in [-0.3, -0.25) is 0 Å². The van der Waals surface area contributed by atoms with Crippen molar-refractivity contribution in [1.82, 2.24) is 14.3 Å². The predicted octanol–water partition coefficient (Wildman–Crippen LogP) is 2.19. The molecule has 0 saturated carbocycles. The molecule has 1 saturated heterocycles. The first kappa shape index (κ1) is 18.0. The van der Waals surface area contributed by atoms with Crippen LogP contribution in [-0.2, 0) is 10.0 Å². The van der Waals surface area contributed by atoms with E-state index in [4.69, 9.17) is 10.00 Å². The Kier molecular flexibility index (Phi) is 5.61. The third kappa shape index (κ3) is 4.45. The zero-order chi connectivity index (χ0) is 18.4. The van der Waals surface area contributed by atoms with Crippen LogP contribution in [0.3, 0.4) is 0 Å². The molecule has 26 heavy (non-hydrogen) atoms. The molecule has 1 aliphatic rings. The van der Waals surface area contributed by atoms with E-state index in [-0.39, 0.29) is 24.2 Å². The summed E-state index contributed by atoms with van der Waals surface area (Å²) in [5.41, 5.74) is 0.913. The fourth-order valence-corrected chi connectivity index (χ4v) is 3.95. The maximum Gasteiger partial charge on any atom is 0.251 e. The lowest BCUT2D eigenvalue weighted by atomic mass is 10.1. The summed E-state index contributed by atoms with van der Waals surface area (Å²) in [6.07, 6.45) is 5.43. The van der Waals surface area contributed by atoms with E-state index in [9.17, 15) is 8.42 Å². The molecule has 1 aromatic carbocycles. The fourth-order valence-electron chi connectivity index (χ4n) is 2.69. The van der Waals surface area contributed by atoms with E-state index in [0.29, 0.717) is 19.4 Å². The smallest absolute Gasteiger partial charge is 0.251 e. The minimum atomic E-state index is -3.55. The van der Waals surface area contributed by atoms with Crippen LogP contribution in [0.4, 0.5) is 0 Å². The summed E-state index contributed by atoms with van der Waals surface area (Å²) in [6, 6.07) is 11.2. The Bertz CT molecular complexity index is 923. The molecule has 1 atom stereocenters. The van der Waals surface area contributed by atoms with Crippen LogP contribution in [-0.4, -0.2) is 41.9 Å². The number of hydrogen-bond acceptors (Lipinski definition) is 6. The molecule has 0 N–H and O–H groups in total. The van der Waals surface area contributed by atoms with Crippen molar-refractivity contribution >= 4 is 16.1 Å². The molecular weight excluding hydrogens is 352 g/mol. The van der Waals surface area contributed by atoms with Gasteiger partial charge in [0.15, 0.2) is 0 Å². The molecule has 0 amide bonds. The molecular formula is C18H18N4O3S. The molecule has 2 heterocycles. The van der Waals surface area contributed by atoms with Crippen molar-refractivity contribution in [3.63, 3.8) is 0 Å². The number of rotatable bonds is 5. The lowest BCUT2D eigenvalue weighted by molar-refractivity contribution is 0.124. The summed E-state index contributed by atoms with van der Waals surface area (Å²) in [6.45, 7) is 0.649. The van der Waals surface area contributed by atoms with Crippen LogP contribution in [0, 0.1) is 11.3 Å². The first-order valence-corrected chi connectivity index (χ1v) is 9.70. The highest BCUT2D eigenvalue weighted by Crippen LogP contribution is 2.21. The van der Waals surface area contributed by atoms with Gasteiger partial charge in [-0.2, -0.15) is 9.57 Å². The second kappa shape index (κ2) is 8.08. The van der Waals surface area contributed by atoms with Crippen molar-refractivity contribution in [1.29, 1.82) is 5.26 Å². The summed E-state index contributed by atoms with van der Waals surface area (Å²) in [4.78, 5) is 7.92. The number of nitriles is 1. The highest BCUT2D eigenvalue weighted by atomic mass is 32.2. The van der Waals surface area contributed by atoms with Crippen molar-refractivity contribution in [3.05, 3.63) is 59.4 Å². The van der Waals surface area contributed by atoms with Crippen molar-refractivity contribution in [2.45, 2.75) is 18.9 Å². The Morgan fingerprint density at radius 2 is 2.00 bits per heavy atom. The molecule has 0 radical (unpaired) electrons. The van der Waals surface area contributed by atoms with Gasteiger partial charge in [0, 0.05) is 24.3 Å². The average molecular weight is 370 g/mol. The normalized spacial score (nSPS) is 18.5. The molecule has 1 fully saturated rings. The van der Waals surface area contributed by atoms with Crippen molar-refractivity contribution in [2.24, 2.45) is 0 Å². The van der Waals surface area contributed by atoms with Crippen LogP contribution in [0.2, 0.25) is 0 Å². The highest BCUT2D eigenvalue weighted by molar-refractivity contribution is 7.92. The van der Waals surface area contributed by atoms with E-state index in [1.54, 1.807) is 6.08 Å². The Labute approximate surface area is 152 Å². The number of sulfonamides is 1. The van der Waals surface area contributed by atoms with Crippen molar-refractivity contribution in [2.75, 3.05) is 13.1 Å². The van der Waals surface area contributed by atoms with E-state index in [1.807, 2.05) is 36.4 Å². The summed E-state index contributed by atoms with van der Waals surface area (Å²) in [5.74, 6) is 0.138. The maximum atomic E-state index is 12.6. The van der Waals surface area contributed by atoms with Crippen LogP contribution in [0.25, 0.3) is 6.08 Å². The lowest BCUT2D eigenvalue weighted by Crippen LogP contribution is -2.43. The molecule has 0 spiro atoms. The van der Waals surface area contributed by atoms with E-state index < -0.39 is 10.0 Å². The molecule has 0 bridgehead atoms. The van der Waals surface area contributed by atoms with Gasteiger partial charge in [-0.15, -0.1) is 0 Å². The molecule has 0 unspecified atom stereocenters. The zero-order valence-corrected chi connectivity index (χ0v) is 14.8. The topological polar surface area (TPSA) is 96.2 Å². The highest BCUT2D eigenvalue weighted by Gasteiger charge is 2.29. The molecule has 7 nitrogen and oxygen atoms in total. The van der Waals surface area contributed by atoms with Gasteiger partial charge in [-0.1, -0.05) is 30.3 Å². The fraction of sp³-hybridized carbons (Fsp3) is 0.278. The van der Waals surface area contributed by atoms with Crippen LogP contribution in [0.15, 0.2) is 48.1 Å². The van der Waals surface area contributed by atoms with Gasteiger partial charge in [-0.25, -0.2) is 18.4 Å². The van der Waals surface area contributed by atoms with Gasteiger partial charge < -0.3 is 4.74 Å². The molecule has 1 aromatic heterocycles. The Morgan fingerprint density at radius 3 is 2.77 bits per heavy atom. The molecule has 134 valence electrons. The predicted molar refractivity (Wildman–Crippen MR) is 96.4 cm³/mol. The summed E-state index contributed by atoms with van der Waals surface area (Å²) in [5, 5.41) is 10.3. The zero-order valence-electron chi connectivity index (χ0n) is 14.0. The monoisotopic (exact) mass is 370 g/mol. The van der Waals surface area contributed by atoms with Crippen LogP contribution in [0.1, 0.15) is 24.1 Å².